The predicted molar refractivity (Wildman–Crippen MR) is 43.8 cm³/mol. The van der Waals surface area contributed by atoms with Gasteiger partial charge in [0.2, 0.25) is 0 Å². The van der Waals surface area contributed by atoms with E-state index in [2.05, 4.69) is 4.98 Å². The molecule has 0 fully saturated rings. The van der Waals surface area contributed by atoms with Crippen molar-refractivity contribution < 1.29 is 9.53 Å². The molecule has 0 aromatic carbocycles. The van der Waals surface area contributed by atoms with Crippen LogP contribution in [-0.4, -0.2) is 22.3 Å². The summed E-state index contributed by atoms with van der Waals surface area (Å²) in [7, 11) is 0. The molecule has 0 bridgehead atoms. The van der Waals surface area contributed by atoms with Crippen LogP contribution in [-0.2, 0) is 4.74 Å². The lowest BCUT2D eigenvalue weighted by Gasteiger charge is -2.04. The summed E-state index contributed by atoms with van der Waals surface area (Å²) >= 11 is 0. The molecule has 0 saturated carbocycles. The van der Waals surface area contributed by atoms with Gasteiger partial charge < -0.3 is 10.5 Å². The zero-order valence-corrected chi connectivity index (χ0v) is 7.07. The van der Waals surface area contributed by atoms with Crippen molar-refractivity contribution >= 4 is 11.9 Å². The molecule has 12 heavy (non-hydrogen) atoms. The lowest BCUT2D eigenvalue weighted by Crippen LogP contribution is -2.16. The minimum Gasteiger partial charge on any atom is -0.449 e. The number of anilines is 1. The Hall–Kier alpha value is -1.52. The third kappa shape index (κ3) is 1.39. The van der Waals surface area contributed by atoms with E-state index in [0.29, 0.717) is 18.2 Å². The molecular formula is C7H11N3O2. The molecule has 0 aliphatic heterocycles. The fourth-order valence-corrected chi connectivity index (χ4v) is 0.887. The zero-order chi connectivity index (χ0) is 9.14. The van der Waals surface area contributed by atoms with Gasteiger partial charge in [0.05, 0.1) is 12.8 Å². The Morgan fingerprint density at radius 2 is 2.50 bits per heavy atom. The summed E-state index contributed by atoms with van der Waals surface area (Å²) in [6, 6.07) is 0. The number of carbonyl (C=O) groups is 1. The summed E-state index contributed by atoms with van der Waals surface area (Å²) < 4.78 is 5.98. The molecule has 0 aliphatic carbocycles. The fraction of sp³-hybridized carbons (Fsp3) is 0.429. The van der Waals surface area contributed by atoms with Crippen LogP contribution >= 0.6 is 0 Å². The molecule has 5 heteroatoms. The highest BCUT2D eigenvalue weighted by molar-refractivity contribution is 5.74. The SMILES string of the molecule is CCOC(=O)n1c(N)cnc1C. The van der Waals surface area contributed by atoms with Crippen molar-refractivity contribution in [1.29, 1.82) is 0 Å². The van der Waals surface area contributed by atoms with Gasteiger partial charge >= 0.3 is 6.09 Å². The van der Waals surface area contributed by atoms with Crippen molar-refractivity contribution in [3.8, 4) is 0 Å². The van der Waals surface area contributed by atoms with Gasteiger partial charge in [-0.1, -0.05) is 0 Å². The van der Waals surface area contributed by atoms with Crippen molar-refractivity contribution in [1.82, 2.24) is 9.55 Å². The van der Waals surface area contributed by atoms with Crippen LogP contribution in [0.2, 0.25) is 0 Å². The van der Waals surface area contributed by atoms with E-state index in [-0.39, 0.29) is 0 Å². The minimum atomic E-state index is -0.481. The van der Waals surface area contributed by atoms with E-state index in [1.165, 1.54) is 10.8 Å². The number of carbonyl (C=O) groups excluding carboxylic acids is 1. The molecule has 66 valence electrons. The van der Waals surface area contributed by atoms with E-state index in [1.54, 1.807) is 13.8 Å². The first kappa shape index (κ1) is 8.58. The number of nitrogen functional groups attached to an aromatic ring is 1. The van der Waals surface area contributed by atoms with E-state index in [0.717, 1.165) is 0 Å². The molecule has 1 aromatic heterocycles. The second-order valence-corrected chi connectivity index (χ2v) is 2.26. The van der Waals surface area contributed by atoms with Crippen molar-refractivity contribution in [3.63, 3.8) is 0 Å². The molecule has 0 amide bonds. The topological polar surface area (TPSA) is 70.1 Å². The molecule has 1 rings (SSSR count). The Morgan fingerprint density at radius 3 is 2.92 bits per heavy atom. The van der Waals surface area contributed by atoms with Crippen LogP contribution in [0.3, 0.4) is 0 Å². The number of rotatable bonds is 1. The van der Waals surface area contributed by atoms with Crippen LogP contribution in [0.4, 0.5) is 10.6 Å². The Kier molecular flexibility index (Phi) is 2.32. The first-order chi connectivity index (χ1) is 5.66. The molecule has 0 radical (unpaired) electrons. The lowest BCUT2D eigenvalue weighted by molar-refractivity contribution is 0.154. The van der Waals surface area contributed by atoms with Crippen LogP contribution < -0.4 is 5.73 Å². The first-order valence-electron chi connectivity index (χ1n) is 3.63. The Balaban J connectivity index is 2.93. The van der Waals surface area contributed by atoms with Gasteiger partial charge in [-0.05, 0) is 13.8 Å². The maximum Gasteiger partial charge on any atom is 0.421 e. The van der Waals surface area contributed by atoms with Crippen LogP contribution in [0.25, 0.3) is 0 Å². The van der Waals surface area contributed by atoms with Gasteiger partial charge in [-0.2, -0.15) is 0 Å². The second kappa shape index (κ2) is 3.25. The highest BCUT2D eigenvalue weighted by Gasteiger charge is 2.11. The Bertz CT molecular complexity index is 273. The number of ether oxygens (including phenoxy) is 1. The standard InChI is InChI=1S/C7H11N3O2/c1-3-12-7(11)10-5(2)9-4-6(10)8/h4H,3,8H2,1-2H3. The third-order valence-electron chi connectivity index (χ3n) is 1.42. The molecule has 0 saturated heterocycles. The Morgan fingerprint density at radius 1 is 1.83 bits per heavy atom. The number of imidazole rings is 1. The van der Waals surface area contributed by atoms with Gasteiger partial charge in [0.1, 0.15) is 11.6 Å². The number of aryl methyl sites for hydroxylation is 1. The van der Waals surface area contributed by atoms with Gasteiger partial charge in [-0.3, -0.25) is 0 Å². The summed E-state index contributed by atoms with van der Waals surface area (Å²) in [6.07, 6.45) is 0.941. The molecule has 0 unspecified atom stereocenters. The highest BCUT2D eigenvalue weighted by atomic mass is 16.5. The number of nitrogens with zero attached hydrogens (tertiary/aromatic N) is 2. The summed E-state index contributed by atoms with van der Waals surface area (Å²) in [5.41, 5.74) is 5.47. The van der Waals surface area contributed by atoms with Gasteiger partial charge in [0, 0.05) is 0 Å². The van der Waals surface area contributed by atoms with Gasteiger partial charge in [-0.25, -0.2) is 14.3 Å². The molecule has 0 atom stereocenters. The summed E-state index contributed by atoms with van der Waals surface area (Å²) in [5.74, 6) is 0.830. The maximum absolute atomic E-state index is 11.2. The summed E-state index contributed by atoms with van der Waals surface area (Å²) in [4.78, 5) is 15.0. The number of hydrogen-bond donors (Lipinski definition) is 1. The largest absolute Gasteiger partial charge is 0.449 e. The van der Waals surface area contributed by atoms with E-state index >= 15 is 0 Å². The van der Waals surface area contributed by atoms with Gasteiger partial charge in [0.15, 0.2) is 0 Å². The minimum absolute atomic E-state index is 0.297. The van der Waals surface area contributed by atoms with Gasteiger partial charge in [0.25, 0.3) is 0 Å². The summed E-state index contributed by atoms with van der Waals surface area (Å²) in [6.45, 7) is 3.75. The Labute approximate surface area is 70.1 Å². The molecule has 0 spiro atoms. The van der Waals surface area contributed by atoms with Crippen LogP contribution in [0.5, 0.6) is 0 Å². The average Bonchev–Trinajstić information content (AvgIpc) is 2.32. The van der Waals surface area contributed by atoms with E-state index in [9.17, 15) is 4.79 Å². The molecular weight excluding hydrogens is 158 g/mol. The van der Waals surface area contributed by atoms with Crippen molar-refractivity contribution in [2.45, 2.75) is 13.8 Å². The van der Waals surface area contributed by atoms with E-state index in [4.69, 9.17) is 10.5 Å². The number of nitrogens with two attached hydrogens (primary N) is 1. The maximum atomic E-state index is 11.2. The average molecular weight is 169 g/mol. The first-order valence-corrected chi connectivity index (χ1v) is 3.63. The predicted octanol–water partition coefficient (Wildman–Crippen LogP) is 0.778. The zero-order valence-electron chi connectivity index (χ0n) is 7.07. The van der Waals surface area contributed by atoms with Crippen LogP contribution in [0.15, 0.2) is 6.20 Å². The second-order valence-electron chi connectivity index (χ2n) is 2.26. The normalized spacial score (nSPS) is 9.83. The van der Waals surface area contributed by atoms with Crippen LogP contribution in [0.1, 0.15) is 12.7 Å². The monoisotopic (exact) mass is 169 g/mol. The lowest BCUT2D eigenvalue weighted by atomic mass is 10.7. The molecule has 5 nitrogen and oxygen atoms in total. The highest BCUT2D eigenvalue weighted by Crippen LogP contribution is 2.06. The molecule has 2 N–H and O–H groups in total. The van der Waals surface area contributed by atoms with Crippen LogP contribution in [0, 0.1) is 6.92 Å². The smallest absolute Gasteiger partial charge is 0.421 e. The fourth-order valence-electron chi connectivity index (χ4n) is 0.887. The van der Waals surface area contributed by atoms with Gasteiger partial charge in [-0.15, -0.1) is 0 Å². The molecule has 1 heterocycles. The van der Waals surface area contributed by atoms with Crippen molar-refractivity contribution in [3.05, 3.63) is 12.0 Å². The van der Waals surface area contributed by atoms with Crippen molar-refractivity contribution in [2.24, 2.45) is 0 Å². The molecule has 0 aliphatic rings. The van der Waals surface area contributed by atoms with E-state index < -0.39 is 6.09 Å². The quantitative estimate of drug-likeness (QED) is 0.674. The number of aromatic nitrogens is 2. The van der Waals surface area contributed by atoms with Crippen molar-refractivity contribution in [2.75, 3.05) is 12.3 Å². The third-order valence-corrected chi connectivity index (χ3v) is 1.42. The number of hydrogen-bond acceptors (Lipinski definition) is 4. The van der Waals surface area contributed by atoms with E-state index in [1.807, 2.05) is 0 Å². The molecule has 1 aromatic rings. The summed E-state index contributed by atoms with van der Waals surface area (Å²) in [5, 5.41) is 0.